The van der Waals surface area contributed by atoms with E-state index in [2.05, 4.69) is 15.9 Å². The van der Waals surface area contributed by atoms with Crippen molar-refractivity contribution in [2.24, 2.45) is 0 Å². The zero-order valence-corrected chi connectivity index (χ0v) is 17.8. The summed E-state index contributed by atoms with van der Waals surface area (Å²) in [6, 6.07) is 3.47. The molecule has 1 fully saturated rings. The van der Waals surface area contributed by atoms with Gasteiger partial charge in [0.05, 0.1) is 29.2 Å². The minimum absolute atomic E-state index is 0.0413. The molecule has 0 aliphatic carbocycles. The van der Waals surface area contributed by atoms with Gasteiger partial charge in [0.25, 0.3) is 11.1 Å². The number of nitrogens with zero attached hydrogens (tertiary/aromatic N) is 1. The van der Waals surface area contributed by atoms with Crippen molar-refractivity contribution in [3.8, 4) is 11.5 Å². The lowest BCUT2D eigenvalue weighted by Crippen LogP contribution is -2.34. The van der Waals surface area contributed by atoms with Gasteiger partial charge in [-0.2, -0.15) is 0 Å². The standard InChI is InChI=1S/C18H20BrNO6S/c1-5-25-15(21)9-20-17(22)14(27-18(20)23)8-11-6-12(19)16(26-10(2)3)13(7-11)24-4/h6-8,10H,5,9H2,1-4H3/b14-8+. The number of hydrogen-bond acceptors (Lipinski definition) is 7. The normalized spacial score (nSPS) is 15.6. The summed E-state index contributed by atoms with van der Waals surface area (Å²) in [4.78, 5) is 37.2. The number of amides is 2. The quantitative estimate of drug-likeness (QED) is 0.454. The summed E-state index contributed by atoms with van der Waals surface area (Å²) in [6.07, 6.45) is 1.53. The average molecular weight is 458 g/mol. The van der Waals surface area contributed by atoms with Crippen LogP contribution in [0.15, 0.2) is 21.5 Å². The summed E-state index contributed by atoms with van der Waals surface area (Å²) >= 11 is 4.22. The zero-order chi connectivity index (χ0) is 20.1. The first kappa shape index (κ1) is 21.3. The first-order valence-electron chi connectivity index (χ1n) is 8.22. The summed E-state index contributed by atoms with van der Waals surface area (Å²) in [5.41, 5.74) is 0.650. The Kier molecular flexibility index (Phi) is 7.32. The van der Waals surface area contributed by atoms with E-state index < -0.39 is 23.7 Å². The molecule has 27 heavy (non-hydrogen) atoms. The van der Waals surface area contributed by atoms with E-state index in [0.29, 0.717) is 21.5 Å². The van der Waals surface area contributed by atoms with Gasteiger partial charge in [-0.1, -0.05) is 0 Å². The second-order valence-corrected chi connectivity index (χ2v) is 7.62. The third-order valence-electron chi connectivity index (χ3n) is 3.37. The van der Waals surface area contributed by atoms with Gasteiger partial charge in [-0.05, 0) is 72.2 Å². The first-order valence-corrected chi connectivity index (χ1v) is 9.82. The number of ether oxygens (including phenoxy) is 3. The van der Waals surface area contributed by atoms with E-state index in [-0.39, 0.29) is 17.6 Å². The van der Waals surface area contributed by atoms with Gasteiger partial charge in [-0.15, -0.1) is 0 Å². The Hall–Kier alpha value is -2.00. The van der Waals surface area contributed by atoms with Crippen LogP contribution < -0.4 is 9.47 Å². The molecule has 2 rings (SSSR count). The largest absolute Gasteiger partial charge is 0.493 e. The Balaban J connectivity index is 2.28. The number of benzene rings is 1. The maximum Gasteiger partial charge on any atom is 0.326 e. The summed E-state index contributed by atoms with van der Waals surface area (Å²) in [5, 5.41) is -0.509. The molecule has 1 aliphatic heterocycles. The van der Waals surface area contributed by atoms with E-state index in [1.807, 2.05) is 13.8 Å². The topological polar surface area (TPSA) is 82.1 Å². The fourth-order valence-electron chi connectivity index (χ4n) is 2.30. The van der Waals surface area contributed by atoms with Crippen LogP contribution >= 0.6 is 27.7 Å². The molecular weight excluding hydrogens is 438 g/mol. The predicted molar refractivity (Wildman–Crippen MR) is 106 cm³/mol. The van der Waals surface area contributed by atoms with Gasteiger partial charge in [0.15, 0.2) is 11.5 Å². The summed E-state index contributed by atoms with van der Waals surface area (Å²) in [5.74, 6) is -0.105. The van der Waals surface area contributed by atoms with Crippen molar-refractivity contribution >= 4 is 50.9 Å². The molecule has 1 aromatic carbocycles. The second kappa shape index (κ2) is 9.27. The maximum atomic E-state index is 12.5. The van der Waals surface area contributed by atoms with Crippen LogP contribution in [-0.4, -0.2) is 48.4 Å². The number of carbonyl (C=O) groups excluding carboxylic acids is 3. The molecule has 146 valence electrons. The summed E-state index contributed by atoms with van der Waals surface area (Å²) < 4.78 is 16.6. The van der Waals surface area contributed by atoms with E-state index in [0.717, 1.165) is 16.7 Å². The lowest BCUT2D eigenvalue weighted by atomic mass is 10.1. The molecule has 7 nitrogen and oxygen atoms in total. The molecule has 0 atom stereocenters. The fourth-order valence-corrected chi connectivity index (χ4v) is 3.69. The van der Waals surface area contributed by atoms with Crippen LogP contribution in [0, 0.1) is 0 Å². The third kappa shape index (κ3) is 5.26. The Morgan fingerprint density at radius 2 is 2.04 bits per heavy atom. The van der Waals surface area contributed by atoms with Crippen LogP contribution in [0.25, 0.3) is 6.08 Å². The van der Waals surface area contributed by atoms with Crippen molar-refractivity contribution in [3.05, 3.63) is 27.1 Å². The lowest BCUT2D eigenvalue weighted by molar-refractivity contribution is -0.145. The Bertz CT molecular complexity index is 792. The molecule has 0 N–H and O–H groups in total. The number of esters is 1. The molecule has 2 amide bonds. The van der Waals surface area contributed by atoms with Crippen LogP contribution in [0.2, 0.25) is 0 Å². The molecule has 9 heteroatoms. The number of thioether (sulfide) groups is 1. The third-order valence-corrected chi connectivity index (χ3v) is 4.87. The van der Waals surface area contributed by atoms with Crippen molar-refractivity contribution in [2.75, 3.05) is 20.3 Å². The van der Waals surface area contributed by atoms with E-state index in [1.165, 1.54) is 7.11 Å². The molecular formula is C18H20BrNO6S. The molecule has 0 unspecified atom stereocenters. The molecule has 0 aromatic heterocycles. The molecule has 1 heterocycles. The van der Waals surface area contributed by atoms with Gasteiger partial charge >= 0.3 is 5.97 Å². The fraction of sp³-hybridized carbons (Fsp3) is 0.389. The lowest BCUT2D eigenvalue weighted by Gasteiger charge is -2.16. The highest BCUT2D eigenvalue weighted by Crippen LogP contribution is 2.39. The average Bonchev–Trinajstić information content (AvgIpc) is 2.84. The highest BCUT2D eigenvalue weighted by Gasteiger charge is 2.36. The van der Waals surface area contributed by atoms with E-state index in [1.54, 1.807) is 25.1 Å². The second-order valence-electron chi connectivity index (χ2n) is 5.77. The van der Waals surface area contributed by atoms with Gasteiger partial charge in [-0.25, -0.2) is 0 Å². The van der Waals surface area contributed by atoms with E-state index in [9.17, 15) is 14.4 Å². The number of carbonyl (C=O) groups is 3. The first-order chi connectivity index (χ1) is 12.8. The van der Waals surface area contributed by atoms with Crippen LogP contribution in [0.1, 0.15) is 26.3 Å². The Morgan fingerprint density at radius 3 is 2.63 bits per heavy atom. The minimum atomic E-state index is -0.624. The number of rotatable bonds is 7. The van der Waals surface area contributed by atoms with Gasteiger partial charge in [0.1, 0.15) is 6.54 Å². The SMILES string of the molecule is CCOC(=O)CN1C(=O)S/C(=C/c2cc(Br)c(OC(C)C)c(OC)c2)C1=O. The van der Waals surface area contributed by atoms with Crippen LogP contribution in [0.5, 0.6) is 11.5 Å². The van der Waals surface area contributed by atoms with Crippen molar-refractivity contribution in [3.63, 3.8) is 0 Å². The summed E-state index contributed by atoms with van der Waals surface area (Å²) in [7, 11) is 1.52. The molecule has 0 bridgehead atoms. The van der Waals surface area contributed by atoms with Gasteiger partial charge < -0.3 is 14.2 Å². The number of methoxy groups -OCH3 is 1. The van der Waals surface area contributed by atoms with E-state index in [4.69, 9.17) is 14.2 Å². The van der Waals surface area contributed by atoms with Crippen molar-refractivity contribution in [1.82, 2.24) is 4.90 Å². The molecule has 1 saturated heterocycles. The van der Waals surface area contributed by atoms with Gasteiger partial charge in [0.2, 0.25) is 0 Å². The highest BCUT2D eigenvalue weighted by atomic mass is 79.9. The van der Waals surface area contributed by atoms with Crippen LogP contribution in [0.4, 0.5) is 4.79 Å². The van der Waals surface area contributed by atoms with E-state index >= 15 is 0 Å². The smallest absolute Gasteiger partial charge is 0.326 e. The molecule has 0 radical (unpaired) electrons. The maximum absolute atomic E-state index is 12.5. The van der Waals surface area contributed by atoms with Crippen molar-refractivity contribution in [2.45, 2.75) is 26.9 Å². The zero-order valence-electron chi connectivity index (χ0n) is 15.4. The summed E-state index contributed by atoms with van der Waals surface area (Å²) in [6.45, 7) is 5.25. The highest BCUT2D eigenvalue weighted by molar-refractivity contribution is 9.10. The molecule has 0 spiro atoms. The number of hydrogen-bond donors (Lipinski definition) is 0. The van der Waals surface area contributed by atoms with Crippen LogP contribution in [-0.2, 0) is 14.3 Å². The minimum Gasteiger partial charge on any atom is -0.493 e. The van der Waals surface area contributed by atoms with Crippen molar-refractivity contribution in [1.29, 1.82) is 0 Å². The number of halogens is 1. The molecule has 0 saturated carbocycles. The number of imide groups is 1. The van der Waals surface area contributed by atoms with Crippen molar-refractivity contribution < 1.29 is 28.6 Å². The molecule has 1 aromatic rings. The Morgan fingerprint density at radius 1 is 1.33 bits per heavy atom. The van der Waals surface area contributed by atoms with Crippen LogP contribution in [0.3, 0.4) is 0 Å². The monoisotopic (exact) mass is 457 g/mol. The molecule has 1 aliphatic rings. The predicted octanol–water partition coefficient (Wildman–Crippen LogP) is 3.84. The van der Waals surface area contributed by atoms with Gasteiger partial charge in [-0.3, -0.25) is 19.3 Å². The Labute approximate surface area is 170 Å². The van der Waals surface area contributed by atoms with Gasteiger partial charge in [0, 0.05) is 0 Å².